The van der Waals surface area contributed by atoms with E-state index in [0.29, 0.717) is 19.5 Å². The van der Waals surface area contributed by atoms with Gasteiger partial charge in [-0.2, -0.15) is 0 Å². The van der Waals surface area contributed by atoms with Gasteiger partial charge in [-0.3, -0.25) is 9.59 Å². The van der Waals surface area contributed by atoms with Gasteiger partial charge in [0.2, 0.25) is 5.91 Å². The number of hydrogen-bond donors (Lipinski definition) is 1. The van der Waals surface area contributed by atoms with E-state index < -0.39 is 5.97 Å². The number of carboxylic acids is 1. The highest BCUT2D eigenvalue weighted by molar-refractivity contribution is 5.89. The van der Waals surface area contributed by atoms with Crippen LogP contribution in [-0.4, -0.2) is 35.0 Å². The zero-order valence-electron chi connectivity index (χ0n) is 13.0. The van der Waals surface area contributed by atoms with Crippen LogP contribution in [0.1, 0.15) is 38.2 Å². The fourth-order valence-electron chi connectivity index (χ4n) is 3.91. The number of benzene rings is 1. The second-order valence-electron chi connectivity index (χ2n) is 6.76. The van der Waals surface area contributed by atoms with Crippen molar-refractivity contribution in [3.63, 3.8) is 0 Å². The summed E-state index contributed by atoms with van der Waals surface area (Å²) in [6.45, 7) is 3.06. The molecule has 1 aromatic carbocycles. The largest absolute Gasteiger partial charge is 0.481 e. The van der Waals surface area contributed by atoms with Crippen LogP contribution < -0.4 is 0 Å². The number of rotatable bonds is 3. The molecule has 22 heavy (non-hydrogen) atoms. The first kappa shape index (κ1) is 15.1. The van der Waals surface area contributed by atoms with Crippen molar-refractivity contribution < 1.29 is 14.7 Å². The lowest BCUT2D eigenvalue weighted by Crippen LogP contribution is -2.55. The Kier molecular flexibility index (Phi) is 3.94. The summed E-state index contributed by atoms with van der Waals surface area (Å²) in [7, 11) is 0. The third kappa shape index (κ3) is 2.40. The molecule has 1 N–H and O–H groups in total. The van der Waals surface area contributed by atoms with E-state index in [1.807, 2.05) is 42.2 Å². The molecule has 1 heterocycles. The van der Waals surface area contributed by atoms with E-state index in [-0.39, 0.29) is 23.2 Å². The summed E-state index contributed by atoms with van der Waals surface area (Å²) < 4.78 is 0. The Morgan fingerprint density at radius 2 is 1.91 bits per heavy atom. The van der Waals surface area contributed by atoms with Gasteiger partial charge in [0, 0.05) is 13.1 Å². The second kappa shape index (κ2) is 5.75. The van der Waals surface area contributed by atoms with E-state index >= 15 is 0 Å². The minimum absolute atomic E-state index is 0.0168. The van der Waals surface area contributed by atoms with Crippen molar-refractivity contribution in [2.24, 2.45) is 11.8 Å². The van der Waals surface area contributed by atoms with Gasteiger partial charge in [-0.05, 0) is 30.7 Å². The van der Waals surface area contributed by atoms with Crippen molar-refractivity contribution in [2.45, 2.75) is 38.0 Å². The zero-order valence-corrected chi connectivity index (χ0v) is 13.0. The third-order valence-electron chi connectivity index (χ3n) is 5.45. The predicted octanol–water partition coefficient (Wildman–Crippen LogP) is 2.68. The molecule has 0 bridgehead atoms. The van der Waals surface area contributed by atoms with Crippen LogP contribution in [0.4, 0.5) is 0 Å². The molecule has 4 nitrogen and oxygen atoms in total. The van der Waals surface area contributed by atoms with E-state index in [1.165, 1.54) is 0 Å². The Morgan fingerprint density at radius 3 is 2.41 bits per heavy atom. The fraction of sp³-hybridized carbons (Fsp3) is 0.556. The van der Waals surface area contributed by atoms with Gasteiger partial charge in [0.25, 0.3) is 0 Å². The molecule has 118 valence electrons. The van der Waals surface area contributed by atoms with E-state index in [2.05, 4.69) is 0 Å². The number of hydrogen-bond acceptors (Lipinski definition) is 2. The van der Waals surface area contributed by atoms with Crippen LogP contribution in [0.3, 0.4) is 0 Å². The minimum Gasteiger partial charge on any atom is -0.481 e. The Balaban J connectivity index is 1.78. The van der Waals surface area contributed by atoms with Crippen molar-refractivity contribution in [2.75, 3.05) is 13.1 Å². The van der Waals surface area contributed by atoms with Crippen LogP contribution in [0.25, 0.3) is 0 Å². The molecule has 1 saturated carbocycles. The van der Waals surface area contributed by atoms with Crippen molar-refractivity contribution in [1.82, 2.24) is 4.90 Å². The lowest BCUT2D eigenvalue weighted by atomic mass is 9.63. The van der Waals surface area contributed by atoms with Crippen LogP contribution in [0.2, 0.25) is 0 Å². The van der Waals surface area contributed by atoms with Crippen LogP contribution in [0, 0.1) is 11.8 Å². The van der Waals surface area contributed by atoms with Crippen LogP contribution >= 0.6 is 0 Å². The maximum absolute atomic E-state index is 13.1. The summed E-state index contributed by atoms with van der Waals surface area (Å²) in [6, 6.07) is 10.0. The zero-order chi connectivity index (χ0) is 15.7. The Bertz CT molecular complexity index is 565. The number of piperidine rings is 1. The maximum atomic E-state index is 13.1. The van der Waals surface area contributed by atoms with Gasteiger partial charge in [-0.1, -0.05) is 43.7 Å². The molecule has 0 aromatic heterocycles. The highest BCUT2D eigenvalue weighted by Crippen LogP contribution is 2.45. The minimum atomic E-state index is -0.735. The number of likely N-dealkylation sites (tertiary alicyclic amines) is 1. The maximum Gasteiger partial charge on any atom is 0.306 e. The highest BCUT2D eigenvalue weighted by atomic mass is 16.4. The highest BCUT2D eigenvalue weighted by Gasteiger charge is 2.48. The molecule has 2 aliphatic rings. The molecule has 1 aliphatic heterocycles. The summed E-state index contributed by atoms with van der Waals surface area (Å²) in [5.74, 6) is -0.845. The summed E-state index contributed by atoms with van der Waals surface area (Å²) in [4.78, 5) is 26.2. The standard InChI is InChI=1S/C18H23NO3/c1-13-12-19(11-8-15(13)16(20)21)17(22)18(9-5-10-18)14-6-3-2-4-7-14/h2-4,6-7,13,15H,5,8-12H2,1H3,(H,20,21). The SMILES string of the molecule is CC1CN(C(=O)C2(c3ccccc3)CCC2)CCC1C(=O)O. The molecule has 2 unspecified atom stereocenters. The number of aliphatic carboxylic acids is 1. The molecule has 4 heteroatoms. The molecular formula is C18H23NO3. The molecule has 1 saturated heterocycles. The number of carboxylic acid groups (broad SMARTS) is 1. The van der Waals surface area contributed by atoms with E-state index in [1.54, 1.807) is 0 Å². The van der Waals surface area contributed by atoms with E-state index in [4.69, 9.17) is 0 Å². The number of carbonyl (C=O) groups excluding carboxylic acids is 1. The van der Waals surface area contributed by atoms with Crippen LogP contribution in [0.5, 0.6) is 0 Å². The summed E-state index contributed by atoms with van der Waals surface area (Å²) in [5, 5.41) is 9.23. The number of amides is 1. The van der Waals surface area contributed by atoms with Crippen molar-refractivity contribution >= 4 is 11.9 Å². The molecular weight excluding hydrogens is 278 g/mol. The quantitative estimate of drug-likeness (QED) is 0.934. The van der Waals surface area contributed by atoms with Gasteiger partial charge in [-0.25, -0.2) is 0 Å². The van der Waals surface area contributed by atoms with Gasteiger partial charge >= 0.3 is 5.97 Å². The van der Waals surface area contributed by atoms with Crippen molar-refractivity contribution in [3.8, 4) is 0 Å². The summed E-state index contributed by atoms with van der Waals surface area (Å²) in [5.41, 5.74) is 0.746. The predicted molar refractivity (Wildman–Crippen MR) is 83.5 cm³/mol. The molecule has 1 aromatic rings. The molecule has 0 radical (unpaired) electrons. The van der Waals surface area contributed by atoms with E-state index in [9.17, 15) is 14.7 Å². The smallest absolute Gasteiger partial charge is 0.306 e. The molecule has 1 amide bonds. The first-order chi connectivity index (χ1) is 10.5. The van der Waals surface area contributed by atoms with Gasteiger partial charge in [-0.15, -0.1) is 0 Å². The average molecular weight is 301 g/mol. The first-order valence-corrected chi connectivity index (χ1v) is 8.12. The van der Waals surface area contributed by atoms with Crippen molar-refractivity contribution in [3.05, 3.63) is 35.9 Å². The van der Waals surface area contributed by atoms with Crippen LogP contribution in [-0.2, 0) is 15.0 Å². The summed E-state index contributed by atoms with van der Waals surface area (Å²) >= 11 is 0. The first-order valence-electron chi connectivity index (χ1n) is 8.12. The van der Waals surface area contributed by atoms with Gasteiger partial charge in [0.1, 0.15) is 0 Å². The Labute approximate surface area is 131 Å². The van der Waals surface area contributed by atoms with Gasteiger partial charge in [0.05, 0.1) is 11.3 Å². The number of carbonyl (C=O) groups is 2. The van der Waals surface area contributed by atoms with Gasteiger partial charge < -0.3 is 10.0 Å². The number of nitrogens with zero attached hydrogens (tertiary/aromatic N) is 1. The molecule has 2 fully saturated rings. The topological polar surface area (TPSA) is 57.6 Å². The van der Waals surface area contributed by atoms with Crippen LogP contribution in [0.15, 0.2) is 30.3 Å². The summed E-state index contributed by atoms with van der Waals surface area (Å²) in [6.07, 6.45) is 3.46. The average Bonchev–Trinajstić information content (AvgIpc) is 2.46. The molecule has 2 atom stereocenters. The molecule has 0 spiro atoms. The van der Waals surface area contributed by atoms with E-state index in [0.717, 1.165) is 24.8 Å². The fourth-order valence-corrected chi connectivity index (χ4v) is 3.91. The lowest BCUT2D eigenvalue weighted by Gasteiger charge is -2.46. The normalized spacial score (nSPS) is 27.0. The van der Waals surface area contributed by atoms with Crippen molar-refractivity contribution in [1.29, 1.82) is 0 Å². The third-order valence-corrected chi connectivity index (χ3v) is 5.45. The Hall–Kier alpha value is -1.84. The Morgan fingerprint density at radius 1 is 1.23 bits per heavy atom. The molecule has 1 aliphatic carbocycles. The van der Waals surface area contributed by atoms with Gasteiger partial charge in [0.15, 0.2) is 0 Å². The second-order valence-corrected chi connectivity index (χ2v) is 6.76. The lowest BCUT2D eigenvalue weighted by molar-refractivity contribution is -0.151. The monoisotopic (exact) mass is 301 g/mol. The molecule has 3 rings (SSSR count).